The Morgan fingerprint density at radius 2 is 2.00 bits per heavy atom. The highest BCUT2D eigenvalue weighted by Gasteiger charge is 2.32. The van der Waals surface area contributed by atoms with Crippen molar-refractivity contribution in [3.05, 3.63) is 53.7 Å². The molecule has 2 saturated heterocycles. The molecule has 0 spiro atoms. The molecule has 1 aromatic heterocycles. The van der Waals surface area contributed by atoms with Gasteiger partial charge in [-0.15, -0.1) is 0 Å². The molecular formula is C29H35N7O. The molecule has 2 fully saturated rings. The minimum Gasteiger partial charge on any atom is -0.463 e. The first-order chi connectivity index (χ1) is 18.1. The molecule has 2 atom stereocenters. The highest BCUT2D eigenvalue weighted by Crippen LogP contribution is 2.35. The Kier molecular flexibility index (Phi) is 6.58. The lowest BCUT2D eigenvalue weighted by molar-refractivity contribution is 0.168. The third-order valence-corrected chi connectivity index (χ3v) is 8.03. The molecule has 37 heavy (non-hydrogen) atoms. The highest BCUT2D eigenvalue weighted by molar-refractivity contribution is 5.94. The molecule has 0 bridgehead atoms. The van der Waals surface area contributed by atoms with Gasteiger partial charge in [-0.3, -0.25) is 0 Å². The minimum absolute atomic E-state index is 0.0986. The van der Waals surface area contributed by atoms with Crippen LogP contribution in [0.25, 0.3) is 10.8 Å². The SMILES string of the molecule is C[C@@]1(COc2nc3c(c(N4CCNC(CC#N)C4)n2)CCN(c2cccc4ccccc24)C3)CCNC1. The van der Waals surface area contributed by atoms with Crippen molar-refractivity contribution >= 4 is 22.3 Å². The van der Waals surface area contributed by atoms with E-state index in [1.165, 1.54) is 22.0 Å². The molecule has 6 rings (SSSR count). The topological polar surface area (TPSA) is 89.3 Å². The number of benzene rings is 2. The van der Waals surface area contributed by atoms with E-state index in [0.29, 0.717) is 19.0 Å². The van der Waals surface area contributed by atoms with Gasteiger partial charge in [-0.2, -0.15) is 15.2 Å². The van der Waals surface area contributed by atoms with Crippen molar-refractivity contribution in [3.8, 4) is 12.1 Å². The molecule has 2 aromatic carbocycles. The molecule has 3 aromatic rings. The van der Waals surface area contributed by atoms with Crippen molar-refractivity contribution < 1.29 is 4.74 Å². The summed E-state index contributed by atoms with van der Waals surface area (Å²) < 4.78 is 6.30. The second kappa shape index (κ2) is 10.2. The number of nitrogens with zero attached hydrogens (tertiary/aromatic N) is 5. The number of nitriles is 1. The number of hydrogen-bond donors (Lipinski definition) is 2. The van der Waals surface area contributed by atoms with Gasteiger partial charge in [0.2, 0.25) is 0 Å². The lowest BCUT2D eigenvalue weighted by atomic mass is 9.91. The molecule has 0 saturated carbocycles. The summed E-state index contributed by atoms with van der Waals surface area (Å²) in [4.78, 5) is 14.7. The maximum atomic E-state index is 9.26. The average Bonchev–Trinajstić information content (AvgIpc) is 3.38. The van der Waals surface area contributed by atoms with Gasteiger partial charge in [-0.05, 0) is 30.8 Å². The fraction of sp³-hybridized carbons (Fsp3) is 0.483. The third-order valence-electron chi connectivity index (χ3n) is 8.03. The maximum Gasteiger partial charge on any atom is 0.318 e. The molecular weight excluding hydrogens is 462 g/mol. The van der Waals surface area contributed by atoms with E-state index in [1.54, 1.807) is 0 Å². The lowest BCUT2D eigenvalue weighted by Gasteiger charge is -2.37. The van der Waals surface area contributed by atoms with Crippen LogP contribution in [-0.2, 0) is 13.0 Å². The molecule has 192 valence electrons. The van der Waals surface area contributed by atoms with Crippen LogP contribution in [0.3, 0.4) is 0 Å². The average molecular weight is 498 g/mol. The van der Waals surface area contributed by atoms with E-state index < -0.39 is 0 Å². The first-order valence-corrected chi connectivity index (χ1v) is 13.4. The highest BCUT2D eigenvalue weighted by atomic mass is 16.5. The predicted octanol–water partition coefficient (Wildman–Crippen LogP) is 3.26. The van der Waals surface area contributed by atoms with Crippen LogP contribution in [0.2, 0.25) is 0 Å². The van der Waals surface area contributed by atoms with E-state index in [1.807, 2.05) is 0 Å². The Morgan fingerprint density at radius 1 is 1.11 bits per heavy atom. The van der Waals surface area contributed by atoms with Crippen molar-refractivity contribution in [2.45, 2.75) is 38.8 Å². The Hall–Kier alpha value is -3.41. The normalized spacial score (nSPS) is 23.6. The van der Waals surface area contributed by atoms with E-state index in [0.717, 1.165) is 70.2 Å². The van der Waals surface area contributed by atoms with Gasteiger partial charge in [0.1, 0.15) is 5.82 Å². The number of piperazine rings is 1. The summed E-state index contributed by atoms with van der Waals surface area (Å²) in [5.41, 5.74) is 3.60. The number of aromatic nitrogens is 2. The number of rotatable bonds is 6. The minimum atomic E-state index is 0.0986. The van der Waals surface area contributed by atoms with Gasteiger partial charge in [0, 0.05) is 60.8 Å². The summed E-state index contributed by atoms with van der Waals surface area (Å²) in [5.74, 6) is 0.983. The molecule has 8 heteroatoms. The van der Waals surface area contributed by atoms with E-state index in [4.69, 9.17) is 14.7 Å². The predicted molar refractivity (Wildman–Crippen MR) is 146 cm³/mol. The van der Waals surface area contributed by atoms with Gasteiger partial charge < -0.3 is 25.2 Å². The summed E-state index contributed by atoms with van der Waals surface area (Å²) >= 11 is 0. The fourth-order valence-corrected chi connectivity index (χ4v) is 5.90. The van der Waals surface area contributed by atoms with Gasteiger partial charge in [-0.25, -0.2) is 0 Å². The van der Waals surface area contributed by atoms with Crippen LogP contribution in [0.5, 0.6) is 6.01 Å². The van der Waals surface area contributed by atoms with Crippen molar-refractivity contribution in [2.75, 3.05) is 55.7 Å². The van der Waals surface area contributed by atoms with Crippen LogP contribution in [-0.4, -0.2) is 61.9 Å². The van der Waals surface area contributed by atoms with Gasteiger partial charge in [0.15, 0.2) is 0 Å². The number of fused-ring (bicyclic) bond motifs is 2. The zero-order chi connectivity index (χ0) is 25.2. The van der Waals surface area contributed by atoms with Crippen molar-refractivity contribution in [1.29, 1.82) is 5.26 Å². The van der Waals surface area contributed by atoms with Gasteiger partial charge in [0.05, 0.1) is 31.3 Å². The molecule has 3 aliphatic heterocycles. The van der Waals surface area contributed by atoms with Crippen LogP contribution in [0.1, 0.15) is 31.0 Å². The Labute approximate surface area is 218 Å². The zero-order valence-corrected chi connectivity index (χ0v) is 21.5. The molecule has 0 radical (unpaired) electrons. The van der Waals surface area contributed by atoms with Crippen LogP contribution in [0, 0.1) is 16.7 Å². The summed E-state index contributed by atoms with van der Waals surface area (Å²) in [7, 11) is 0. The Bertz CT molecular complexity index is 1310. The monoisotopic (exact) mass is 497 g/mol. The number of hydrogen-bond acceptors (Lipinski definition) is 8. The van der Waals surface area contributed by atoms with E-state index in [-0.39, 0.29) is 11.5 Å². The third kappa shape index (κ3) is 4.94. The standard InChI is InChI=1S/C29H35N7O/c1-29(11-13-31-19-29)20-37-28-33-25-18-35(26-8-4-6-21-5-2-3-7-23(21)26)15-10-24(25)27(34-28)36-16-14-32-22(17-36)9-12-30/h2-8,22,31-32H,9-11,13-20H2,1H3/t22?,29-/m1/s1. The summed E-state index contributed by atoms with van der Waals surface area (Å²) in [5, 5.41) is 18.7. The molecule has 1 unspecified atom stereocenters. The Morgan fingerprint density at radius 3 is 2.86 bits per heavy atom. The second-order valence-corrected chi connectivity index (χ2v) is 10.9. The van der Waals surface area contributed by atoms with E-state index >= 15 is 0 Å². The largest absolute Gasteiger partial charge is 0.463 e. The lowest BCUT2D eigenvalue weighted by Crippen LogP contribution is -2.51. The van der Waals surface area contributed by atoms with E-state index in [2.05, 4.69) is 75.9 Å². The van der Waals surface area contributed by atoms with E-state index in [9.17, 15) is 5.26 Å². The molecule has 4 heterocycles. The maximum absolute atomic E-state index is 9.26. The van der Waals surface area contributed by atoms with Crippen molar-refractivity contribution in [3.63, 3.8) is 0 Å². The number of ether oxygens (including phenoxy) is 1. The van der Waals surface area contributed by atoms with Gasteiger partial charge >= 0.3 is 6.01 Å². The second-order valence-electron chi connectivity index (χ2n) is 10.9. The molecule has 3 aliphatic rings. The Balaban J connectivity index is 1.33. The smallest absolute Gasteiger partial charge is 0.318 e. The van der Waals surface area contributed by atoms with Gasteiger partial charge in [-0.1, -0.05) is 43.3 Å². The molecule has 0 amide bonds. The summed E-state index contributed by atoms with van der Waals surface area (Å²) in [6.07, 6.45) is 2.46. The van der Waals surface area contributed by atoms with Crippen LogP contribution >= 0.6 is 0 Å². The zero-order valence-electron chi connectivity index (χ0n) is 21.5. The molecule has 8 nitrogen and oxygen atoms in total. The molecule has 0 aliphatic carbocycles. The van der Waals surface area contributed by atoms with Gasteiger partial charge in [0.25, 0.3) is 0 Å². The first kappa shape index (κ1) is 24.0. The van der Waals surface area contributed by atoms with Crippen molar-refractivity contribution in [2.24, 2.45) is 5.41 Å². The summed E-state index contributed by atoms with van der Waals surface area (Å²) in [6.45, 7) is 8.94. The first-order valence-electron chi connectivity index (χ1n) is 13.4. The van der Waals surface area contributed by atoms with Crippen molar-refractivity contribution in [1.82, 2.24) is 20.6 Å². The summed E-state index contributed by atoms with van der Waals surface area (Å²) in [6, 6.07) is 18.0. The quantitative estimate of drug-likeness (QED) is 0.537. The van der Waals surface area contributed by atoms with Crippen LogP contribution in [0.4, 0.5) is 11.5 Å². The van der Waals surface area contributed by atoms with Crippen LogP contribution in [0.15, 0.2) is 42.5 Å². The molecule has 2 N–H and O–H groups in total. The number of anilines is 2. The fourth-order valence-electron chi connectivity index (χ4n) is 5.90. The number of nitrogens with one attached hydrogen (secondary N) is 2. The van der Waals surface area contributed by atoms with Crippen LogP contribution < -0.4 is 25.2 Å².